The zero-order valence-electron chi connectivity index (χ0n) is 14.4. The molecule has 0 aliphatic heterocycles. The highest BCUT2D eigenvalue weighted by atomic mass is 16.2. The number of pyridine rings is 1. The largest absolute Gasteiger partial charge is 0.333 e. The maximum absolute atomic E-state index is 12.6. The Labute approximate surface area is 152 Å². The third-order valence-corrected chi connectivity index (χ3v) is 4.81. The van der Waals surface area contributed by atoms with Gasteiger partial charge in [0.25, 0.3) is 0 Å². The summed E-state index contributed by atoms with van der Waals surface area (Å²) < 4.78 is 2.08. The monoisotopic (exact) mass is 347 g/mol. The Bertz CT molecular complexity index is 863. The highest BCUT2D eigenvalue weighted by Gasteiger charge is 2.29. The first-order valence-corrected chi connectivity index (χ1v) is 8.86. The van der Waals surface area contributed by atoms with Gasteiger partial charge in [-0.15, -0.1) is 0 Å². The molecule has 3 aromatic rings. The van der Waals surface area contributed by atoms with Crippen molar-refractivity contribution in [2.24, 2.45) is 0 Å². The van der Waals surface area contributed by atoms with Crippen LogP contribution in [0.25, 0.3) is 11.3 Å². The Morgan fingerprint density at radius 3 is 2.77 bits per heavy atom. The molecule has 1 aliphatic rings. The molecule has 1 fully saturated rings. The van der Waals surface area contributed by atoms with Crippen LogP contribution in [0.3, 0.4) is 0 Å². The van der Waals surface area contributed by atoms with Crippen LogP contribution in [0.1, 0.15) is 25.3 Å². The number of urea groups is 1. The van der Waals surface area contributed by atoms with Gasteiger partial charge in [-0.1, -0.05) is 30.3 Å². The van der Waals surface area contributed by atoms with Gasteiger partial charge in [-0.25, -0.2) is 9.78 Å². The Hall–Kier alpha value is -3.15. The lowest BCUT2D eigenvalue weighted by Gasteiger charge is -2.22. The molecule has 6 nitrogen and oxygen atoms in total. The number of anilines is 1. The van der Waals surface area contributed by atoms with Gasteiger partial charge < -0.3 is 15.2 Å². The van der Waals surface area contributed by atoms with Gasteiger partial charge in [0.2, 0.25) is 0 Å². The highest BCUT2D eigenvalue weighted by molar-refractivity contribution is 5.93. The summed E-state index contributed by atoms with van der Waals surface area (Å²) in [5.74, 6) is 0. The van der Waals surface area contributed by atoms with Crippen LogP contribution in [0.2, 0.25) is 0 Å². The normalized spacial score (nSPS) is 19.2. The number of hydrogen-bond donors (Lipinski definition) is 2. The zero-order valence-corrected chi connectivity index (χ0v) is 14.4. The third-order valence-electron chi connectivity index (χ3n) is 4.81. The number of carbonyl (C=O) groups is 1. The molecule has 0 unspecified atom stereocenters. The van der Waals surface area contributed by atoms with Crippen LogP contribution in [0.5, 0.6) is 0 Å². The average molecular weight is 347 g/mol. The molecule has 0 radical (unpaired) electrons. The van der Waals surface area contributed by atoms with E-state index in [1.165, 1.54) is 0 Å². The summed E-state index contributed by atoms with van der Waals surface area (Å²) in [6.45, 7) is 0. The molecular formula is C20H21N5O. The fraction of sp³-hybridized carbons (Fsp3) is 0.250. The second-order valence-corrected chi connectivity index (χ2v) is 6.48. The van der Waals surface area contributed by atoms with E-state index >= 15 is 0 Å². The molecule has 0 bridgehead atoms. The first-order valence-electron chi connectivity index (χ1n) is 8.86. The van der Waals surface area contributed by atoms with Crippen molar-refractivity contribution in [2.45, 2.75) is 31.3 Å². The van der Waals surface area contributed by atoms with Crippen LogP contribution in [-0.4, -0.2) is 26.6 Å². The predicted octanol–water partition coefficient (Wildman–Crippen LogP) is 3.86. The van der Waals surface area contributed by atoms with Crippen molar-refractivity contribution in [2.75, 3.05) is 5.32 Å². The smallest absolute Gasteiger partial charge is 0.319 e. The molecule has 6 heteroatoms. The van der Waals surface area contributed by atoms with Crippen LogP contribution in [-0.2, 0) is 0 Å². The topological polar surface area (TPSA) is 71.8 Å². The van der Waals surface area contributed by atoms with Crippen LogP contribution >= 0.6 is 0 Å². The molecule has 0 saturated heterocycles. The molecule has 0 spiro atoms. The molecule has 4 rings (SSSR count). The summed E-state index contributed by atoms with van der Waals surface area (Å²) in [7, 11) is 0. The summed E-state index contributed by atoms with van der Waals surface area (Å²) in [6.07, 6.45) is 10.4. The van der Waals surface area contributed by atoms with E-state index in [2.05, 4.69) is 25.2 Å². The van der Waals surface area contributed by atoms with E-state index in [0.29, 0.717) is 5.69 Å². The first-order chi connectivity index (χ1) is 12.8. The second-order valence-electron chi connectivity index (χ2n) is 6.48. The number of imidazole rings is 1. The maximum atomic E-state index is 12.6. The molecule has 1 aliphatic carbocycles. The number of carbonyl (C=O) groups excluding carboxylic acids is 1. The summed E-state index contributed by atoms with van der Waals surface area (Å²) >= 11 is 0. The van der Waals surface area contributed by atoms with E-state index in [-0.39, 0.29) is 18.1 Å². The molecule has 26 heavy (non-hydrogen) atoms. The van der Waals surface area contributed by atoms with Crippen molar-refractivity contribution in [1.82, 2.24) is 19.9 Å². The van der Waals surface area contributed by atoms with Crippen molar-refractivity contribution in [3.63, 3.8) is 0 Å². The van der Waals surface area contributed by atoms with E-state index in [9.17, 15) is 4.79 Å². The number of benzene rings is 1. The van der Waals surface area contributed by atoms with Crippen molar-refractivity contribution in [1.29, 1.82) is 0 Å². The molecule has 2 N–H and O–H groups in total. The SMILES string of the molecule is O=C(Nc1cccnc1-c1ccccc1)N[C@@H]1CCC[C@@H]1n1ccnc1. The van der Waals surface area contributed by atoms with Crippen LogP contribution in [0.4, 0.5) is 10.5 Å². The minimum absolute atomic E-state index is 0.0982. The van der Waals surface area contributed by atoms with E-state index in [1.54, 1.807) is 12.4 Å². The Morgan fingerprint density at radius 1 is 1.08 bits per heavy atom. The second kappa shape index (κ2) is 7.39. The van der Waals surface area contributed by atoms with E-state index in [1.807, 2.05) is 55.0 Å². The van der Waals surface area contributed by atoms with Gasteiger partial charge >= 0.3 is 6.03 Å². The van der Waals surface area contributed by atoms with Crippen molar-refractivity contribution < 1.29 is 4.79 Å². The number of nitrogens with one attached hydrogen (secondary N) is 2. The minimum Gasteiger partial charge on any atom is -0.333 e. The van der Waals surface area contributed by atoms with Crippen molar-refractivity contribution >= 4 is 11.7 Å². The number of hydrogen-bond acceptors (Lipinski definition) is 3. The molecule has 2 heterocycles. The fourth-order valence-corrected chi connectivity index (χ4v) is 3.59. The first kappa shape index (κ1) is 16.3. The summed E-state index contributed by atoms with van der Waals surface area (Å²) in [5, 5.41) is 6.08. The van der Waals surface area contributed by atoms with E-state index < -0.39 is 0 Å². The Balaban J connectivity index is 1.47. The standard InChI is InChI=1S/C20H21N5O/c26-20(23-16-8-4-10-18(16)25-13-12-21-14-25)24-17-9-5-11-22-19(17)15-6-2-1-3-7-15/h1-3,5-7,9,11-14,16,18H,4,8,10H2,(H2,23,24,26)/t16-,18+/m1/s1. The van der Waals surface area contributed by atoms with Gasteiger partial charge in [0.15, 0.2) is 0 Å². The molecule has 2 aromatic heterocycles. The van der Waals surface area contributed by atoms with Gasteiger partial charge in [0.1, 0.15) is 0 Å². The molecular weight excluding hydrogens is 326 g/mol. The third kappa shape index (κ3) is 3.44. The highest BCUT2D eigenvalue weighted by Crippen LogP contribution is 2.30. The number of aromatic nitrogens is 3. The van der Waals surface area contributed by atoms with Gasteiger partial charge in [-0.3, -0.25) is 4.98 Å². The average Bonchev–Trinajstić information content (AvgIpc) is 3.34. The lowest BCUT2D eigenvalue weighted by molar-refractivity contribution is 0.245. The van der Waals surface area contributed by atoms with Crippen LogP contribution < -0.4 is 10.6 Å². The molecule has 2 amide bonds. The van der Waals surface area contributed by atoms with Crippen LogP contribution in [0, 0.1) is 0 Å². The minimum atomic E-state index is -0.202. The van der Waals surface area contributed by atoms with E-state index in [0.717, 1.165) is 30.5 Å². The maximum Gasteiger partial charge on any atom is 0.319 e. The zero-order chi connectivity index (χ0) is 17.8. The Morgan fingerprint density at radius 2 is 1.96 bits per heavy atom. The lowest BCUT2D eigenvalue weighted by Crippen LogP contribution is -2.40. The quantitative estimate of drug-likeness (QED) is 0.753. The molecule has 2 atom stereocenters. The predicted molar refractivity (Wildman–Crippen MR) is 101 cm³/mol. The van der Waals surface area contributed by atoms with Crippen LogP contribution in [0.15, 0.2) is 67.4 Å². The summed E-state index contributed by atoms with van der Waals surface area (Å²) in [6, 6.07) is 13.7. The van der Waals surface area contributed by atoms with Gasteiger partial charge in [0.05, 0.1) is 29.8 Å². The number of nitrogens with zero attached hydrogens (tertiary/aromatic N) is 3. The molecule has 132 valence electrons. The lowest BCUT2D eigenvalue weighted by atomic mass is 10.1. The van der Waals surface area contributed by atoms with E-state index in [4.69, 9.17) is 0 Å². The summed E-state index contributed by atoms with van der Waals surface area (Å²) in [5.41, 5.74) is 2.44. The van der Waals surface area contributed by atoms with Gasteiger partial charge in [-0.05, 0) is 31.4 Å². The molecule has 1 aromatic carbocycles. The van der Waals surface area contributed by atoms with Crippen molar-refractivity contribution in [3.8, 4) is 11.3 Å². The fourth-order valence-electron chi connectivity index (χ4n) is 3.59. The molecule has 1 saturated carbocycles. The Kier molecular flexibility index (Phi) is 4.64. The number of amides is 2. The summed E-state index contributed by atoms with van der Waals surface area (Å²) in [4.78, 5) is 21.1. The van der Waals surface area contributed by atoms with Gasteiger partial charge in [-0.2, -0.15) is 0 Å². The number of rotatable bonds is 4. The van der Waals surface area contributed by atoms with Crippen molar-refractivity contribution in [3.05, 3.63) is 67.4 Å². The van der Waals surface area contributed by atoms with Gasteiger partial charge in [0, 0.05) is 24.2 Å².